The van der Waals surface area contributed by atoms with E-state index < -0.39 is 5.97 Å². The zero-order valence-corrected chi connectivity index (χ0v) is 17.7. The van der Waals surface area contributed by atoms with Crippen molar-refractivity contribution in [3.63, 3.8) is 0 Å². The number of carbonyl (C=O) groups is 1. The van der Waals surface area contributed by atoms with Crippen LogP contribution in [0, 0.1) is 27.7 Å². The van der Waals surface area contributed by atoms with E-state index in [4.69, 9.17) is 4.74 Å². The summed E-state index contributed by atoms with van der Waals surface area (Å²) in [7, 11) is 0. The van der Waals surface area contributed by atoms with E-state index in [1.165, 1.54) is 22.3 Å². The average Bonchev–Trinajstić information content (AvgIpc) is 2.61. The Balaban J connectivity index is 2.08. The Morgan fingerprint density at radius 1 is 0.724 bits per heavy atom. The standard InChI is InChI=1S/C26H27NO2/c1-17(2)26(28)29-25-9-7-22(8-10-25)27(23-13-18(3)11-19(4)14-23)24-15-20(5)12-21(6)16-24/h7-16H,1H2,2-6H3. The molecule has 0 heterocycles. The largest absolute Gasteiger partial charge is 0.423 e. The second-order valence-electron chi connectivity index (χ2n) is 7.69. The molecule has 0 aliphatic rings. The number of anilines is 3. The molecule has 0 saturated carbocycles. The van der Waals surface area contributed by atoms with Crippen LogP contribution in [-0.4, -0.2) is 5.97 Å². The van der Waals surface area contributed by atoms with E-state index in [1.807, 2.05) is 24.3 Å². The van der Waals surface area contributed by atoms with Gasteiger partial charge in [-0.25, -0.2) is 4.79 Å². The number of benzene rings is 3. The molecular weight excluding hydrogens is 358 g/mol. The van der Waals surface area contributed by atoms with E-state index in [0.29, 0.717) is 11.3 Å². The maximum absolute atomic E-state index is 11.8. The lowest BCUT2D eigenvalue weighted by atomic mass is 10.1. The van der Waals surface area contributed by atoms with Crippen LogP contribution in [0.15, 0.2) is 72.8 Å². The first-order chi connectivity index (χ1) is 13.7. The Bertz CT molecular complexity index is 973. The molecule has 0 aliphatic carbocycles. The van der Waals surface area contributed by atoms with Gasteiger partial charge in [-0.1, -0.05) is 18.7 Å². The summed E-state index contributed by atoms with van der Waals surface area (Å²) in [6.07, 6.45) is 0. The van der Waals surface area contributed by atoms with Crippen LogP contribution in [0.25, 0.3) is 0 Å². The Hall–Kier alpha value is -3.33. The van der Waals surface area contributed by atoms with E-state index in [0.717, 1.165) is 17.1 Å². The Morgan fingerprint density at radius 3 is 1.52 bits per heavy atom. The van der Waals surface area contributed by atoms with Gasteiger partial charge in [0.05, 0.1) is 0 Å². The van der Waals surface area contributed by atoms with Gasteiger partial charge in [0, 0.05) is 22.6 Å². The highest BCUT2D eigenvalue weighted by Gasteiger charge is 2.15. The van der Waals surface area contributed by atoms with Gasteiger partial charge in [0.15, 0.2) is 0 Å². The summed E-state index contributed by atoms with van der Waals surface area (Å²) in [5, 5.41) is 0. The normalized spacial score (nSPS) is 10.5. The summed E-state index contributed by atoms with van der Waals surface area (Å²) in [4.78, 5) is 14.0. The number of carbonyl (C=O) groups excluding carboxylic acids is 1. The molecule has 0 saturated heterocycles. The second-order valence-corrected chi connectivity index (χ2v) is 7.69. The van der Waals surface area contributed by atoms with Crippen LogP contribution >= 0.6 is 0 Å². The van der Waals surface area contributed by atoms with Gasteiger partial charge in [-0.05, 0) is 105 Å². The minimum atomic E-state index is -0.418. The van der Waals surface area contributed by atoms with Crippen LogP contribution < -0.4 is 9.64 Å². The van der Waals surface area contributed by atoms with Gasteiger partial charge in [0.1, 0.15) is 5.75 Å². The highest BCUT2D eigenvalue weighted by molar-refractivity contribution is 5.89. The molecule has 0 radical (unpaired) electrons. The molecule has 0 bridgehead atoms. The summed E-state index contributed by atoms with van der Waals surface area (Å²) >= 11 is 0. The van der Waals surface area contributed by atoms with Crippen molar-refractivity contribution in [1.82, 2.24) is 0 Å². The van der Waals surface area contributed by atoms with Crippen molar-refractivity contribution in [3.05, 3.63) is 95.1 Å². The van der Waals surface area contributed by atoms with Gasteiger partial charge >= 0.3 is 5.97 Å². The van der Waals surface area contributed by atoms with E-state index >= 15 is 0 Å². The highest BCUT2D eigenvalue weighted by atomic mass is 16.5. The predicted octanol–water partition coefficient (Wildman–Crippen LogP) is 6.87. The van der Waals surface area contributed by atoms with Crippen molar-refractivity contribution in [2.75, 3.05) is 4.90 Å². The summed E-state index contributed by atoms with van der Waals surface area (Å²) in [5.41, 5.74) is 8.40. The van der Waals surface area contributed by atoms with Crippen LogP contribution in [0.2, 0.25) is 0 Å². The number of ether oxygens (including phenoxy) is 1. The summed E-state index contributed by atoms with van der Waals surface area (Å²) in [6.45, 7) is 13.7. The van der Waals surface area contributed by atoms with Crippen molar-refractivity contribution in [2.24, 2.45) is 0 Å². The molecule has 0 N–H and O–H groups in total. The third kappa shape index (κ3) is 4.94. The van der Waals surface area contributed by atoms with Crippen molar-refractivity contribution in [2.45, 2.75) is 34.6 Å². The predicted molar refractivity (Wildman–Crippen MR) is 121 cm³/mol. The second kappa shape index (κ2) is 8.36. The molecule has 0 spiro atoms. The van der Waals surface area contributed by atoms with Crippen molar-refractivity contribution in [1.29, 1.82) is 0 Å². The molecule has 0 aromatic heterocycles. The number of nitrogens with zero attached hydrogens (tertiary/aromatic N) is 1. The zero-order valence-electron chi connectivity index (χ0n) is 17.7. The van der Waals surface area contributed by atoms with Gasteiger partial charge in [-0.3, -0.25) is 0 Å². The SMILES string of the molecule is C=C(C)C(=O)Oc1ccc(N(c2cc(C)cc(C)c2)c2cc(C)cc(C)c2)cc1. The average molecular weight is 386 g/mol. The first-order valence-corrected chi connectivity index (χ1v) is 9.67. The number of esters is 1. The number of hydrogen-bond acceptors (Lipinski definition) is 3. The fraction of sp³-hybridized carbons (Fsp3) is 0.192. The summed E-state index contributed by atoms with van der Waals surface area (Å²) in [5.74, 6) is 0.0840. The molecule has 148 valence electrons. The van der Waals surface area contributed by atoms with Gasteiger partial charge in [-0.2, -0.15) is 0 Å². The first kappa shape index (κ1) is 20.4. The van der Waals surface area contributed by atoms with E-state index in [-0.39, 0.29) is 0 Å². The fourth-order valence-electron chi connectivity index (χ4n) is 3.46. The number of aryl methyl sites for hydroxylation is 4. The molecule has 3 rings (SSSR count). The Labute approximate surface area is 173 Å². The maximum atomic E-state index is 11.8. The van der Waals surface area contributed by atoms with E-state index in [2.05, 4.69) is 75.6 Å². The molecule has 29 heavy (non-hydrogen) atoms. The molecule has 0 atom stereocenters. The molecule has 0 unspecified atom stereocenters. The molecule has 0 aliphatic heterocycles. The topological polar surface area (TPSA) is 29.5 Å². The monoisotopic (exact) mass is 385 g/mol. The zero-order chi connectivity index (χ0) is 21.1. The van der Waals surface area contributed by atoms with Crippen LogP contribution in [0.4, 0.5) is 17.1 Å². The van der Waals surface area contributed by atoms with Crippen LogP contribution in [0.1, 0.15) is 29.2 Å². The van der Waals surface area contributed by atoms with Gasteiger partial charge in [0.2, 0.25) is 0 Å². The van der Waals surface area contributed by atoms with Gasteiger partial charge < -0.3 is 9.64 Å². The quantitative estimate of drug-likeness (QED) is 0.273. The Morgan fingerprint density at radius 2 is 1.14 bits per heavy atom. The van der Waals surface area contributed by atoms with Gasteiger partial charge in [-0.15, -0.1) is 0 Å². The lowest BCUT2D eigenvalue weighted by Gasteiger charge is -2.27. The molecule has 3 heteroatoms. The molecule has 3 aromatic rings. The smallest absolute Gasteiger partial charge is 0.338 e. The number of rotatable bonds is 5. The third-order valence-corrected chi connectivity index (χ3v) is 4.58. The van der Waals surface area contributed by atoms with Crippen molar-refractivity contribution < 1.29 is 9.53 Å². The van der Waals surface area contributed by atoms with E-state index in [1.54, 1.807) is 6.92 Å². The lowest BCUT2D eigenvalue weighted by molar-refractivity contribution is -0.130. The van der Waals surface area contributed by atoms with Gasteiger partial charge in [0.25, 0.3) is 0 Å². The van der Waals surface area contributed by atoms with Crippen LogP contribution in [0.5, 0.6) is 5.75 Å². The third-order valence-electron chi connectivity index (χ3n) is 4.58. The maximum Gasteiger partial charge on any atom is 0.338 e. The van der Waals surface area contributed by atoms with Crippen LogP contribution in [0.3, 0.4) is 0 Å². The first-order valence-electron chi connectivity index (χ1n) is 9.67. The summed E-state index contributed by atoms with van der Waals surface area (Å²) < 4.78 is 5.34. The molecular formula is C26H27NO2. The Kier molecular flexibility index (Phi) is 5.88. The van der Waals surface area contributed by atoms with Crippen LogP contribution in [-0.2, 0) is 4.79 Å². The minimum Gasteiger partial charge on any atom is -0.423 e. The minimum absolute atomic E-state index is 0.376. The summed E-state index contributed by atoms with van der Waals surface area (Å²) in [6, 6.07) is 20.6. The van der Waals surface area contributed by atoms with Crippen molar-refractivity contribution >= 4 is 23.0 Å². The molecule has 3 nitrogen and oxygen atoms in total. The molecule has 0 amide bonds. The highest BCUT2D eigenvalue weighted by Crippen LogP contribution is 2.37. The molecule has 0 fully saturated rings. The fourth-order valence-corrected chi connectivity index (χ4v) is 3.46. The van der Waals surface area contributed by atoms with Crippen molar-refractivity contribution in [3.8, 4) is 5.75 Å². The lowest BCUT2D eigenvalue weighted by Crippen LogP contribution is -2.11. The molecule has 3 aromatic carbocycles. The number of hydrogen-bond donors (Lipinski definition) is 0. The van der Waals surface area contributed by atoms with E-state index in [9.17, 15) is 4.79 Å².